The van der Waals surface area contributed by atoms with Gasteiger partial charge in [-0.3, -0.25) is 14.7 Å². The molecule has 9 heteroatoms. The predicted octanol–water partition coefficient (Wildman–Crippen LogP) is 2.65. The molecule has 0 fully saturated rings. The van der Waals surface area contributed by atoms with Gasteiger partial charge in [-0.05, 0) is 52.8 Å². The van der Waals surface area contributed by atoms with E-state index in [2.05, 4.69) is 30.0 Å². The fourth-order valence-corrected chi connectivity index (χ4v) is 5.95. The van der Waals surface area contributed by atoms with E-state index in [1.165, 1.54) is 0 Å². The van der Waals surface area contributed by atoms with E-state index in [0.29, 0.717) is 50.0 Å². The van der Waals surface area contributed by atoms with Crippen molar-refractivity contribution in [3.63, 3.8) is 0 Å². The number of aliphatic imine (C=N–C) groups is 1. The van der Waals surface area contributed by atoms with E-state index in [1.807, 2.05) is 24.4 Å². The number of nitrogens with two attached hydrogens (primary N) is 2. The Bertz CT molecular complexity index is 1530. The number of phenolic OH excluding ortho intramolecular Hbond substituents is 1. The Balaban J connectivity index is 1.32. The molecule has 3 aliphatic rings. The van der Waals surface area contributed by atoms with Gasteiger partial charge in [0, 0.05) is 25.5 Å². The minimum atomic E-state index is -1.01. The first kappa shape index (κ1) is 31.6. The minimum absolute atomic E-state index is 0.00209. The van der Waals surface area contributed by atoms with Crippen LogP contribution in [0.15, 0.2) is 64.9 Å². The average Bonchev–Trinajstić information content (AvgIpc) is 3.58. The maximum absolute atomic E-state index is 12.5. The quantitative estimate of drug-likeness (QED) is 0.124. The largest absolute Gasteiger partial charge is 0.504 e. The van der Waals surface area contributed by atoms with Gasteiger partial charge >= 0.3 is 0 Å². The number of rotatable bonds is 12. The first-order valence-electron chi connectivity index (χ1n) is 15.5. The molecule has 0 aromatic heterocycles. The number of quaternary nitrogens is 1. The highest BCUT2D eigenvalue weighted by molar-refractivity contribution is 6.08. The second kappa shape index (κ2) is 14.3. The van der Waals surface area contributed by atoms with Crippen LogP contribution in [0.4, 0.5) is 0 Å². The van der Waals surface area contributed by atoms with Crippen LogP contribution in [-0.2, 0) is 17.6 Å². The fraction of sp³-hybridized carbons (Fsp3) is 0.429. The van der Waals surface area contributed by atoms with Crippen LogP contribution in [0.2, 0.25) is 0 Å². The van der Waals surface area contributed by atoms with Crippen molar-refractivity contribution in [2.24, 2.45) is 16.5 Å². The molecule has 2 aromatic rings. The third-order valence-electron chi connectivity index (χ3n) is 8.49. The lowest BCUT2D eigenvalue weighted by Crippen LogP contribution is -3.12. The molecule has 44 heavy (non-hydrogen) atoms. The van der Waals surface area contributed by atoms with Gasteiger partial charge in [0.2, 0.25) is 6.23 Å². The van der Waals surface area contributed by atoms with Crippen molar-refractivity contribution in [1.29, 1.82) is 0 Å². The summed E-state index contributed by atoms with van der Waals surface area (Å²) in [5.41, 5.74) is 18.1. The highest BCUT2D eigenvalue weighted by Crippen LogP contribution is 2.31. The lowest BCUT2D eigenvalue weighted by atomic mass is 9.91. The Hall–Kier alpha value is -3.78. The molecule has 0 spiro atoms. The summed E-state index contributed by atoms with van der Waals surface area (Å²) in [6.45, 7) is 2.71. The summed E-state index contributed by atoms with van der Waals surface area (Å²) in [5.74, 6) is 6.41. The standard InChI is InChI=1S/C35H42N4O5/c1-2-3-4-6-26(40)18-27(41)12-9-22-10-14-32(43)33(15-22)44-34-8-5-7-31(42)28-13-11-23(35(36)37)16-24(28)17-25-19-38-30-21-39(34)20-29(25)30/h10-11,13-16,19-20,26,31,34-35,40,42-43H,2-4,6,8-9,12,17-18,21,36-37H2,1H3/p+1. The summed E-state index contributed by atoms with van der Waals surface area (Å²) in [7, 11) is 0. The van der Waals surface area contributed by atoms with E-state index in [-0.39, 0.29) is 18.0 Å². The van der Waals surface area contributed by atoms with Crippen molar-refractivity contribution in [1.82, 2.24) is 0 Å². The molecule has 5 rings (SSSR count). The molecule has 4 unspecified atom stereocenters. The van der Waals surface area contributed by atoms with Crippen LogP contribution in [0.1, 0.15) is 86.4 Å². The van der Waals surface area contributed by atoms with Gasteiger partial charge in [0.15, 0.2) is 11.5 Å². The average molecular weight is 600 g/mol. The zero-order valence-electron chi connectivity index (χ0n) is 25.3. The molecule has 2 aromatic carbocycles. The van der Waals surface area contributed by atoms with Gasteiger partial charge in [-0.2, -0.15) is 0 Å². The van der Waals surface area contributed by atoms with Gasteiger partial charge < -0.3 is 31.5 Å². The highest BCUT2D eigenvalue weighted by atomic mass is 16.5. The van der Waals surface area contributed by atoms with Crippen molar-refractivity contribution >= 4 is 11.5 Å². The van der Waals surface area contributed by atoms with Crippen molar-refractivity contribution in [3.05, 3.63) is 82.2 Å². The zero-order chi connectivity index (χ0) is 31.2. The molecule has 0 radical (unpaired) electrons. The Morgan fingerprint density at radius 3 is 2.84 bits per heavy atom. The summed E-state index contributed by atoms with van der Waals surface area (Å²) >= 11 is 0. The van der Waals surface area contributed by atoms with Crippen molar-refractivity contribution < 1.29 is 29.8 Å². The third kappa shape index (κ3) is 7.65. The molecule has 0 aliphatic carbocycles. The first-order valence-corrected chi connectivity index (χ1v) is 15.5. The summed E-state index contributed by atoms with van der Waals surface area (Å²) in [6.07, 6.45) is 6.76. The molecule has 2 bridgehead atoms. The Kier molecular flexibility index (Phi) is 10.3. The summed E-state index contributed by atoms with van der Waals surface area (Å²) in [5, 5.41) is 31.9. The van der Waals surface area contributed by atoms with Crippen molar-refractivity contribution in [3.8, 4) is 23.3 Å². The number of fused-ring (bicyclic) bond motifs is 2. The number of nitrogens with zero attached hydrogens (tertiary/aromatic N) is 1. The van der Waals surface area contributed by atoms with Crippen LogP contribution in [0.3, 0.4) is 0 Å². The summed E-state index contributed by atoms with van der Waals surface area (Å²) < 4.78 is 6.40. The summed E-state index contributed by atoms with van der Waals surface area (Å²) in [4.78, 5) is 18.2. The number of unbranched alkanes of at least 4 members (excludes halogenated alkanes) is 2. The van der Waals surface area contributed by atoms with Gasteiger partial charge in [0.25, 0.3) is 0 Å². The number of carbonyl (C=O) groups is 1. The van der Waals surface area contributed by atoms with Gasteiger partial charge in [0.05, 0.1) is 17.8 Å². The molecule has 9 nitrogen and oxygen atoms in total. The number of carbonyl (C=O) groups excluding carboxylic acids is 1. The smallest absolute Gasteiger partial charge is 0.247 e. The molecule has 0 saturated heterocycles. The number of aliphatic hydroxyl groups excluding tert-OH is 2. The lowest BCUT2D eigenvalue weighted by molar-refractivity contribution is -0.882. The predicted molar refractivity (Wildman–Crippen MR) is 169 cm³/mol. The number of aryl methyl sites for hydroxylation is 1. The van der Waals surface area contributed by atoms with Gasteiger partial charge in [-0.25, -0.2) is 0 Å². The molecule has 4 atom stereocenters. The third-order valence-corrected chi connectivity index (χ3v) is 8.49. The zero-order valence-corrected chi connectivity index (χ0v) is 25.3. The van der Waals surface area contributed by atoms with Gasteiger partial charge in [-0.1, -0.05) is 62.3 Å². The van der Waals surface area contributed by atoms with E-state index in [9.17, 15) is 20.1 Å². The fourth-order valence-electron chi connectivity index (χ4n) is 5.95. The lowest BCUT2D eigenvalue weighted by Gasteiger charge is -2.23. The second-order valence-corrected chi connectivity index (χ2v) is 11.9. The Morgan fingerprint density at radius 2 is 2.05 bits per heavy atom. The molecule has 3 heterocycles. The van der Waals surface area contributed by atoms with Crippen LogP contribution in [0, 0.1) is 11.8 Å². The van der Waals surface area contributed by atoms with E-state index in [1.54, 1.807) is 18.2 Å². The number of hydrogen-bond donors (Lipinski definition) is 6. The number of aliphatic hydroxyl groups is 2. The Labute approximate surface area is 258 Å². The summed E-state index contributed by atoms with van der Waals surface area (Å²) in [6, 6.07) is 10.7. The molecular weight excluding hydrogens is 556 g/mol. The molecule has 0 amide bonds. The molecule has 3 aliphatic heterocycles. The minimum Gasteiger partial charge on any atom is -0.504 e. The maximum atomic E-state index is 12.5. The number of nitrogens with one attached hydrogen (secondary N) is 1. The van der Waals surface area contributed by atoms with Crippen molar-refractivity contribution in [2.75, 3.05) is 6.54 Å². The maximum Gasteiger partial charge on any atom is 0.247 e. The van der Waals surface area contributed by atoms with Crippen LogP contribution >= 0.6 is 0 Å². The van der Waals surface area contributed by atoms with Crippen LogP contribution in [-0.4, -0.2) is 45.7 Å². The number of allylic oxidation sites excluding steroid dienone is 1. The number of hydrogen-bond acceptors (Lipinski definition) is 8. The molecule has 0 saturated carbocycles. The first-order chi connectivity index (χ1) is 21.2. The number of ketones is 1. The highest BCUT2D eigenvalue weighted by Gasteiger charge is 2.36. The van der Waals surface area contributed by atoms with E-state index >= 15 is 0 Å². The van der Waals surface area contributed by atoms with Crippen LogP contribution in [0.5, 0.6) is 11.5 Å². The molecule has 232 valence electrons. The monoisotopic (exact) mass is 599 g/mol. The SMILES string of the molecule is CCCCCC(O)CC(=O)CCc1ccc(O)c(OC2CC#CC(O)c3ccc(C(N)N)cc3CC3=CN=C4C[NH+]2C=C34)c1. The number of Topliss-reactive ketones (excluding diaryl/α,β-unsaturated/α-hetero) is 1. The van der Waals surface area contributed by atoms with E-state index in [4.69, 9.17) is 16.2 Å². The van der Waals surface area contributed by atoms with Gasteiger partial charge in [-0.15, -0.1) is 0 Å². The van der Waals surface area contributed by atoms with E-state index < -0.39 is 24.6 Å². The van der Waals surface area contributed by atoms with Crippen molar-refractivity contribution in [2.45, 2.75) is 89.3 Å². The van der Waals surface area contributed by atoms with E-state index in [0.717, 1.165) is 57.7 Å². The topological polar surface area (TPSA) is 156 Å². The number of ether oxygens (including phenoxy) is 1. The number of aromatic hydroxyl groups is 1. The Morgan fingerprint density at radius 1 is 1.20 bits per heavy atom. The number of phenols is 1. The van der Waals surface area contributed by atoms with Crippen LogP contribution < -0.4 is 21.1 Å². The van der Waals surface area contributed by atoms with Gasteiger partial charge in [0.1, 0.15) is 36.8 Å². The molecule has 8 N–H and O–H groups in total. The number of benzene rings is 2. The second-order valence-electron chi connectivity index (χ2n) is 11.9. The normalized spacial score (nSPS) is 21.2. The molecular formula is C35H43N4O5+. The van der Waals surface area contributed by atoms with Crippen LogP contribution in [0.25, 0.3) is 0 Å².